The van der Waals surface area contributed by atoms with Gasteiger partial charge in [-0.2, -0.15) is 0 Å². The van der Waals surface area contributed by atoms with Crippen LogP contribution in [-0.4, -0.2) is 49.1 Å². The molecule has 0 spiro atoms. The number of likely N-dealkylation sites (tertiary alicyclic amines) is 1. The Morgan fingerprint density at radius 3 is 2.90 bits per heavy atom. The zero-order valence-corrected chi connectivity index (χ0v) is 20.1. The molecule has 1 atom stereocenters. The Morgan fingerprint density at radius 1 is 1.26 bits per heavy atom. The van der Waals surface area contributed by atoms with Crippen molar-refractivity contribution in [2.75, 3.05) is 33.3 Å². The van der Waals surface area contributed by atoms with Gasteiger partial charge in [0.2, 0.25) is 0 Å². The molecule has 0 amide bonds. The van der Waals surface area contributed by atoms with Gasteiger partial charge < -0.3 is 19.9 Å². The lowest BCUT2D eigenvalue weighted by molar-refractivity contribution is 0.0907. The minimum absolute atomic E-state index is 0. The van der Waals surface area contributed by atoms with E-state index in [4.69, 9.17) is 4.74 Å². The van der Waals surface area contributed by atoms with E-state index in [0.717, 1.165) is 55.9 Å². The molecular formula is C24H30FIN4O. The zero-order chi connectivity index (χ0) is 20.8. The van der Waals surface area contributed by atoms with Crippen LogP contribution in [0.4, 0.5) is 4.39 Å². The Labute approximate surface area is 200 Å². The minimum atomic E-state index is -0.217. The average molecular weight is 536 g/mol. The molecule has 2 aromatic carbocycles. The molecule has 1 saturated heterocycles. The van der Waals surface area contributed by atoms with Crippen LogP contribution < -0.4 is 5.32 Å². The highest BCUT2D eigenvalue weighted by Gasteiger charge is 2.24. The molecule has 1 aromatic heterocycles. The van der Waals surface area contributed by atoms with Crippen LogP contribution in [0.2, 0.25) is 0 Å². The molecule has 2 N–H and O–H groups in total. The lowest BCUT2D eigenvalue weighted by atomic mass is 10.1. The lowest BCUT2D eigenvalue weighted by Gasteiger charge is -2.21. The maximum absolute atomic E-state index is 13.4. The molecule has 3 aromatic rings. The molecule has 0 saturated carbocycles. The maximum atomic E-state index is 13.4. The summed E-state index contributed by atoms with van der Waals surface area (Å²) in [6.07, 6.45) is 3.93. The smallest absolute Gasteiger partial charge is 0.193 e. The van der Waals surface area contributed by atoms with Crippen molar-refractivity contribution in [3.8, 4) is 0 Å². The second kappa shape index (κ2) is 11.5. The Hall–Kier alpha value is -2.13. The van der Waals surface area contributed by atoms with Gasteiger partial charge in [-0.05, 0) is 42.2 Å². The van der Waals surface area contributed by atoms with E-state index in [-0.39, 0.29) is 29.8 Å². The van der Waals surface area contributed by atoms with Crippen molar-refractivity contribution in [1.82, 2.24) is 15.2 Å². The Kier molecular flexibility index (Phi) is 8.71. The number of nitrogens with one attached hydrogen (secondary N) is 2. The third-order valence-electron chi connectivity index (χ3n) is 5.67. The average Bonchev–Trinajstić information content (AvgIpc) is 3.39. The summed E-state index contributed by atoms with van der Waals surface area (Å²) in [7, 11) is 1.83. The third-order valence-corrected chi connectivity index (χ3v) is 5.67. The first-order chi connectivity index (χ1) is 14.7. The summed E-state index contributed by atoms with van der Waals surface area (Å²) in [5.74, 6) is 1.24. The summed E-state index contributed by atoms with van der Waals surface area (Å²) in [5, 5.41) is 4.55. The number of nitrogens with zero attached hydrogens (tertiary/aromatic N) is 2. The van der Waals surface area contributed by atoms with Gasteiger partial charge in [-0.1, -0.05) is 30.3 Å². The van der Waals surface area contributed by atoms with Gasteiger partial charge in [0.05, 0.1) is 13.2 Å². The summed E-state index contributed by atoms with van der Waals surface area (Å²) in [4.78, 5) is 9.92. The largest absolute Gasteiger partial charge is 0.376 e. The molecule has 0 bridgehead atoms. The molecule has 4 rings (SSSR count). The van der Waals surface area contributed by atoms with Crippen molar-refractivity contribution in [2.24, 2.45) is 10.9 Å². The van der Waals surface area contributed by atoms with Gasteiger partial charge in [0, 0.05) is 49.7 Å². The number of aromatic amines is 1. The number of hydrogen-bond donors (Lipinski definition) is 2. The van der Waals surface area contributed by atoms with Crippen molar-refractivity contribution in [1.29, 1.82) is 0 Å². The molecule has 31 heavy (non-hydrogen) atoms. The van der Waals surface area contributed by atoms with Crippen molar-refractivity contribution in [3.05, 3.63) is 71.7 Å². The van der Waals surface area contributed by atoms with Crippen LogP contribution in [0.1, 0.15) is 17.5 Å². The first kappa shape index (κ1) is 23.5. The van der Waals surface area contributed by atoms with Gasteiger partial charge >= 0.3 is 0 Å². The molecular weight excluding hydrogens is 506 g/mol. The van der Waals surface area contributed by atoms with Crippen LogP contribution in [0.5, 0.6) is 0 Å². The minimum Gasteiger partial charge on any atom is -0.376 e. The van der Waals surface area contributed by atoms with E-state index in [2.05, 4.69) is 32.3 Å². The first-order valence-corrected chi connectivity index (χ1v) is 10.6. The van der Waals surface area contributed by atoms with Crippen molar-refractivity contribution in [2.45, 2.75) is 19.4 Å². The summed E-state index contributed by atoms with van der Waals surface area (Å²) >= 11 is 0. The van der Waals surface area contributed by atoms with E-state index < -0.39 is 0 Å². The number of aliphatic imine (C=N–C) groups is 1. The number of benzene rings is 2. The fourth-order valence-electron chi connectivity index (χ4n) is 4.09. The van der Waals surface area contributed by atoms with E-state index >= 15 is 0 Å². The molecule has 1 aliphatic heterocycles. The highest BCUT2D eigenvalue weighted by atomic mass is 127. The number of halogens is 2. The molecule has 0 aliphatic carbocycles. The molecule has 1 fully saturated rings. The Bertz CT molecular complexity index is 992. The van der Waals surface area contributed by atoms with Crippen LogP contribution >= 0.6 is 24.0 Å². The number of hydrogen-bond acceptors (Lipinski definition) is 2. The fourth-order valence-corrected chi connectivity index (χ4v) is 4.09. The Balaban J connectivity index is 0.00000272. The lowest BCUT2D eigenvalue weighted by Crippen LogP contribution is -2.41. The van der Waals surface area contributed by atoms with E-state index in [9.17, 15) is 4.39 Å². The second-order valence-corrected chi connectivity index (χ2v) is 7.83. The topological polar surface area (TPSA) is 52.7 Å². The summed E-state index contributed by atoms with van der Waals surface area (Å²) < 4.78 is 19.3. The normalized spacial score (nSPS) is 16.5. The first-order valence-electron chi connectivity index (χ1n) is 10.6. The monoisotopic (exact) mass is 536 g/mol. The highest BCUT2D eigenvalue weighted by molar-refractivity contribution is 14.0. The van der Waals surface area contributed by atoms with Crippen molar-refractivity contribution < 1.29 is 9.13 Å². The van der Waals surface area contributed by atoms with E-state index in [1.165, 1.54) is 23.3 Å². The number of H-pyrrole nitrogens is 1. The van der Waals surface area contributed by atoms with Gasteiger partial charge in [-0.15, -0.1) is 24.0 Å². The predicted octanol–water partition coefficient (Wildman–Crippen LogP) is 4.58. The summed E-state index contributed by atoms with van der Waals surface area (Å²) in [6, 6.07) is 15.2. The SMILES string of the molecule is CN=C(NCCc1c[nH]c2cc(F)ccc12)N1CCC(COCc2ccccc2)C1.I. The molecule has 2 heterocycles. The van der Waals surface area contributed by atoms with Crippen LogP contribution in [0.25, 0.3) is 10.9 Å². The maximum Gasteiger partial charge on any atom is 0.193 e. The van der Waals surface area contributed by atoms with Crippen LogP contribution in [-0.2, 0) is 17.8 Å². The number of rotatable bonds is 7. The predicted molar refractivity (Wildman–Crippen MR) is 135 cm³/mol. The van der Waals surface area contributed by atoms with Gasteiger partial charge in [0.25, 0.3) is 0 Å². The fraction of sp³-hybridized carbons (Fsp3) is 0.375. The highest BCUT2D eigenvalue weighted by Crippen LogP contribution is 2.20. The second-order valence-electron chi connectivity index (χ2n) is 7.83. The number of guanidine groups is 1. The standard InChI is InChI=1S/C24H29FN4O.HI/c1-26-24(27-11-9-20-14-28-23-13-21(25)7-8-22(20)23)29-12-10-19(15-29)17-30-16-18-5-3-2-4-6-18;/h2-8,13-14,19,28H,9-12,15-17H2,1H3,(H,26,27);1H. The van der Waals surface area contributed by atoms with Gasteiger partial charge in [0.15, 0.2) is 5.96 Å². The van der Waals surface area contributed by atoms with Gasteiger partial charge in [-0.25, -0.2) is 4.39 Å². The quantitative estimate of drug-likeness (QED) is 0.264. The van der Waals surface area contributed by atoms with Crippen LogP contribution in [0.15, 0.2) is 59.7 Å². The van der Waals surface area contributed by atoms with E-state index in [0.29, 0.717) is 12.5 Å². The third kappa shape index (κ3) is 6.20. The van der Waals surface area contributed by atoms with Crippen LogP contribution in [0.3, 0.4) is 0 Å². The number of ether oxygens (including phenoxy) is 1. The van der Waals surface area contributed by atoms with Gasteiger partial charge in [-0.3, -0.25) is 4.99 Å². The number of aromatic nitrogens is 1. The number of fused-ring (bicyclic) bond motifs is 1. The molecule has 7 heteroatoms. The Morgan fingerprint density at radius 2 is 2.10 bits per heavy atom. The van der Waals surface area contributed by atoms with Crippen molar-refractivity contribution >= 4 is 40.8 Å². The molecule has 1 aliphatic rings. The van der Waals surface area contributed by atoms with E-state index in [1.807, 2.05) is 37.5 Å². The van der Waals surface area contributed by atoms with E-state index in [1.54, 1.807) is 0 Å². The van der Waals surface area contributed by atoms with Crippen LogP contribution in [0, 0.1) is 11.7 Å². The zero-order valence-electron chi connectivity index (χ0n) is 17.8. The summed E-state index contributed by atoms with van der Waals surface area (Å²) in [5.41, 5.74) is 3.23. The summed E-state index contributed by atoms with van der Waals surface area (Å²) in [6.45, 7) is 4.17. The van der Waals surface area contributed by atoms with Gasteiger partial charge in [0.1, 0.15) is 5.82 Å². The van der Waals surface area contributed by atoms with Crippen molar-refractivity contribution in [3.63, 3.8) is 0 Å². The molecule has 0 radical (unpaired) electrons. The molecule has 5 nitrogen and oxygen atoms in total. The molecule has 1 unspecified atom stereocenters. The molecule has 166 valence electrons.